The zero-order chi connectivity index (χ0) is 7.28. The molecule has 0 bridgehead atoms. The van der Waals surface area contributed by atoms with E-state index in [1.165, 1.54) is 6.08 Å². The standard InChI is InChI=1S/C6H11NO2/c1-2-5(7)3-4-6(8)9/h3-5H,2,7H2,1H3,(H,8,9)/t5-/m0/s1. The van der Waals surface area contributed by atoms with Gasteiger partial charge in [0.1, 0.15) is 0 Å². The third-order valence-corrected chi connectivity index (χ3v) is 0.957. The van der Waals surface area contributed by atoms with E-state index in [2.05, 4.69) is 0 Å². The fourth-order valence-corrected chi connectivity index (χ4v) is 0.342. The summed E-state index contributed by atoms with van der Waals surface area (Å²) in [6, 6.07) is -0.124. The Kier molecular flexibility index (Phi) is 3.71. The van der Waals surface area contributed by atoms with Gasteiger partial charge in [-0.2, -0.15) is 0 Å². The van der Waals surface area contributed by atoms with Gasteiger partial charge in [-0.15, -0.1) is 0 Å². The first-order chi connectivity index (χ1) is 4.16. The maximum atomic E-state index is 9.88. The van der Waals surface area contributed by atoms with Gasteiger partial charge in [0.15, 0.2) is 0 Å². The van der Waals surface area contributed by atoms with Gasteiger partial charge in [0.05, 0.1) is 0 Å². The van der Waals surface area contributed by atoms with Crippen LogP contribution in [0.2, 0.25) is 0 Å². The molecule has 0 heterocycles. The molecule has 0 aliphatic rings. The number of carboxylic acid groups (broad SMARTS) is 1. The fraction of sp³-hybridized carbons (Fsp3) is 0.500. The zero-order valence-corrected chi connectivity index (χ0v) is 5.37. The van der Waals surface area contributed by atoms with E-state index in [0.717, 1.165) is 12.5 Å². The predicted octanol–water partition coefficient (Wildman–Crippen LogP) is 0.365. The van der Waals surface area contributed by atoms with Crippen molar-refractivity contribution in [1.82, 2.24) is 0 Å². The van der Waals surface area contributed by atoms with Crippen LogP contribution in [0.4, 0.5) is 0 Å². The van der Waals surface area contributed by atoms with Gasteiger partial charge in [0, 0.05) is 12.1 Å². The van der Waals surface area contributed by atoms with Crippen LogP contribution in [0.1, 0.15) is 13.3 Å². The molecule has 0 fully saturated rings. The molecule has 0 aliphatic carbocycles. The van der Waals surface area contributed by atoms with Crippen molar-refractivity contribution < 1.29 is 9.90 Å². The Morgan fingerprint density at radius 3 is 2.78 bits per heavy atom. The summed E-state index contributed by atoms with van der Waals surface area (Å²) in [6.45, 7) is 1.90. The van der Waals surface area contributed by atoms with E-state index >= 15 is 0 Å². The minimum absolute atomic E-state index is 0.124. The molecular weight excluding hydrogens is 118 g/mol. The second-order valence-electron chi connectivity index (χ2n) is 1.77. The van der Waals surface area contributed by atoms with Crippen molar-refractivity contribution in [3.05, 3.63) is 12.2 Å². The number of carboxylic acids is 1. The van der Waals surface area contributed by atoms with Crippen LogP contribution < -0.4 is 5.73 Å². The maximum absolute atomic E-state index is 9.88. The van der Waals surface area contributed by atoms with Gasteiger partial charge in [0.2, 0.25) is 0 Å². The number of carbonyl (C=O) groups is 1. The van der Waals surface area contributed by atoms with Crippen LogP contribution in [0.25, 0.3) is 0 Å². The van der Waals surface area contributed by atoms with Gasteiger partial charge in [-0.3, -0.25) is 0 Å². The number of hydrogen-bond donors (Lipinski definition) is 2. The molecule has 0 saturated heterocycles. The van der Waals surface area contributed by atoms with Crippen LogP contribution in [0.3, 0.4) is 0 Å². The second kappa shape index (κ2) is 4.09. The molecule has 0 saturated carbocycles. The first-order valence-electron chi connectivity index (χ1n) is 2.83. The van der Waals surface area contributed by atoms with E-state index in [4.69, 9.17) is 10.8 Å². The molecule has 3 N–H and O–H groups in total. The molecule has 0 amide bonds. The highest BCUT2D eigenvalue weighted by Gasteiger charge is 1.91. The summed E-state index contributed by atoms with van der Waals surface area (Å²) in [4.78, 5) is 9.88. The number of rotatable bonds is 3. The molecular formula is C6H11NO2. The lowest BCUT2D eigenvalue weighted by molar-refractivity contribution is -0.131. The molecule has 0 radical (unpaired) electrons. The topological polar surface area (TPSA) is 63.3 Å². The molecule has 52 valence electrons. The third kappa shape index (κ3) is 5.03. The highest BCUT2D eigenvalue weighted by Crippen LogP contribution is 1.86. The maximum Gasteiger partial charge on any atom is 0.328 e. The highest BCUT2D eigenvalue weighted by molar-refractivity contribution is 5.79. The average Bonchev–Trinajstić information content (AvgIpc) is 1.83. The SMILES string of the molecule is CC[C@H](N)C=CC(=O)O. The van der Waals surface area contributed by atoms with Crippen molar-refractivity contribution in [3.63, 3.8) is 0 Å². The molecule has 1 atom stereocenters. The van der Waals surface area contributed by atoms with Crippen LogP contribution >= 0.6 is 0 Å². The molecule has 0 spiro atoms. The summed E-state index contributed by atoms with van der Waals surface area (Å²) >= 11 is 0. The summed E-state index contributed by atoms with van der Waals surface area (Å²) in [5, 5.41) is 8.12. The lowest BCUT2D eigenvalue weighted by Crippen LogP contribution is -2.15. The minimum atomic E-state index is -0.945. The quantitative estimate of drug-likeness (QED) is 0.541. The van der Waals surface area contributed by atoms with E-state index in [1.54, 1.807) is 0 Å². The number of hydrogen-bond acceptors (Lipinski definition) is 2. The summed E-state index contributed by atoms with van der Waals surface area (Å²) in [5.74, 6) is -0.945. The van der Waals surface area contributed by atoms with Crippen LogP contribution in [-0.4, -0.2) is 17.1 Å². The number of nitrogens with two attached hydrogens (primary N) is 1. The van der Waals surface area contributed by atoms with Crippen molar-refractivity contribution >= 4 is 5.97 Å². The van der Waals surface area contributed by atoms with Crippen molar-refractivity contribution in [2.45, 2.75) is 19.4 Å². The van der Waals surface area contributed by atoms with Gasteiger partial charge >= 0.3 is 5.97 Å². The molecule has 0 aliphatic heterocycles. The summed E-state index contributed by atoms with van der Waals surface area (Å²) < 4.78 is 0. The van der Waals surface area contributed by atoms with Crippen molar-refractivity contribution in [2.24, 2.45) is 5.73 Å². The molecule has 0 aromatic rings. The Labute approximate surface area is 54.2 Å². The monoisotopic (exact) mass is 129 g/mol. The fourth-order valence-electron chi connectivity index (χ4n) is 0.342. The molecule has 0 aromatic carbocycles. The van der Waals surface area contributed by atoms with Gasteiger partial charge in [-0.25, -0.2) is 4.79 Å². The van der Waals surface area contributed by atoms with E-state index in [0.29, 0.717) is 0 Å². The Morgan fingerprint density at radius 1 is 1.89 bits per heavy atom. The largest absolute Gasteiger partial charge is 0.478 e. The second-order valence-corrected chi connectivity index (χ2v) is 1.77. The van der Waals surface area contributed by atoms with Crippen LogP contribution in [0.15, 0.2) is 12.2 Å². The van der Waals surface area contributed by atoms with Crippen LogP contribution in [-0.2, 0) is 4.79 Å². The van der Waals surface area contributed by atoms with Gasteiger partial charge < -0.3 is 10.8 Å². The van der Waals surface area contributed by atoms with Crippen LogP contribution in [0, 0.1) is 0 Å². The highest BCUT2D eigenvalue weighted by atomic mass is 16.4. The average molecular weight is 129 g/mol. The number of aliphatic carboxylic acids is 1. The predicted molar refractivity (Wildman–Crippen MR) is 35.0 cm³/mol. The Hall–Kier alpha value is -0.830. The molecule has 3 heteroatoms. The lowest BCUT2D eigenvalue weighted by atomic mass is 10.2. The first kappa shape index (κ1) is 8.17. The van der Waals surface area contributed by atoms with E-state index in [9.17, 15) is 4.79 Å². The minimum Gasteiger partial charge on any atom is -0.478 e. The van der Waals surface area contributed by atoms with Crippen molar-refractivity contribution in [1.29, 1.82) is 0 Å². The summed E-state index contributed by atoms with van der Waals surface area (Å²) in [6.07, 6.45) is 3.31. The Balaban J connectivity index is 3.56. The molecule has 9 heavy (non-hydrogen) atoms. The normalized spacial score (nSPS) is 14.0. The van der Waals surface area contributed by atoms with E-state index < -0.39 is 5.97 Å². The summed E-state index contributed by atoms with van der Waals surface area (Å²) in [7, 11) is 0. The molecule has 0 unspecified atom stereocenters. The third-order valence-electron chi connectivity index (χ3n) is 0.957. The first-order valence-corrected chi connectivity index (χ1v) is 2.83. The van der Waals surface area contributed by atoms with Gasteiger partial charge in [-0.1, -0.05) is 13.0 Å². The zero-order valence-electron chi connectivity index (χ0n) is 5.37. The van der Waals surface area contributed by atoms with E-state index in [1.807, 2.05) is 6.92 Å². The van der Waals surface area contributed by atoms with Gasteiger partial charge in [-0.05, 0) is 6.42 Å². The molecule has 0 aromatic heterocycles. The molecule has 0 rings (SSSR count). The summed E-state index contributed by atoms with van der Waals surface area (Å²) in [5.41, 5.74) is 5.37. The lowest BCUT2D eigenvalue weighted by Gasteiger charge is -1.96. The Morgan fingerprint density at radius 2 is 2.44 bits per heavy atom. The van der Waals surface area contributed by atoms with Crippen molar-refractivity contribution in [3.8, 4) is 0 Å². The van der Waals surface area contributed by atoms with Crippen molar-refractivity contribution in [2.75, 3.05) is 0 Å². The van der Waals surface area contributed by atoms with Crippen LogP contribution in [0.5, 0.6) is 0 Å². The smallest absolute Gasteiger partial charge is 0.328 e. The Bertz CT molecular complexity index is 120. The van der Waals surface area contributed by atoms with E-state index in [-0.39, 0.29) is 6.04 Å². The van der Waals surface area contributed by atoms with Gasteiger partial charge in [0.25, 0.3) is 0 Å². The molecule has 3 nitrogen and oxygen atoms in total.